The molecule has 1 unspecified atom stereocenters. The molecule has 90 valence electrons. The van der Waals surface area contributed by atoms with E-state index in [-0.39, 0.29) is 0 Å². The summed E-state index contributed by atoms with van der Waals surface area (Å²) < 4.78 is 0. The van der Waals surface area contributed by atoms with Gasteiger partial charge < -0.3 is 10.4 Å². The van der Waals surface area contributed by atoms with E-state index in [1.54, 1.807) is 12.4 Å². The summed E-state index contributed by atoms with van der Waals surface area (Å²) in [7, 11) is 0. The molecule has 18 heavy (non-hydrogen) atoms. The van der Waals surface area contributed by atoms with Crippen LogP contribution in [0, 0.1) is 0 Å². The Kier molecular flexibility index (Phi) is 2.48. The third-order valence-corrected chi connectivity index (χ3v) is 3.16. The highest BCUT2D eigenvalue weighted by atomic mass is 16.4. The van der Waals surface area contributed by atoms with Crippen molar-refractivity contribution in [2.45, 2.75) is 12.5 Å². The van der Waals surface area contributed by atoms with Gasteiger partial charge in [-0.3, -0.25) is 4.98 Å². The number of rotatable bonds is 2. The SMILES string of the molecule is O=C(O)C1CC(c2nccc3ccccc23)=CN1. The molecule has 1 atom stereocenters. The summed E-state index contributed by atoms with van der Waals surface area (Å²) in [4.78, 5) is 15.3. The predicted molar refractivity (Wildman–Crippen MR) is 68.9 cm³/mol. The Balaban J connectivity index is 2.03. The number of pyridine rings is 1. The maximum Gasteiger partial charge on any atom is 0.326 e. The number of nitrogens with zero attached hydrogens (tertiary/aromatic N) is 1. The molecular formula is C14H12N2O2. The van der Waals surface area contributed by atoms with Gasteiger partial charge in [-0.25, -0.2) is 4.79 Å². The number of carboxylic acids is 1. The fourth-order valence-electron chi connectivity index (χ4n) is 2.24. The monoisotopic (exact) mass is 240 g/mol. The van der Waals surface area contributed by atoms with Crippen LogP contribution in [0.4, 0.5) is 0 Å². The van der Waals surface area contributed by atoms with Gasteiger partial charge in [-0.05, 0) is 17.0 Å². The Labute approximate surface area is 104 Å². The summed E-state index contributed by atoms with van der Waals surface area (Å²) in [5.41, 5.74) is 1.81. The van der Waals surface area contributed by atoms with Crippen molar-refractivity contribution in [1.29, 1.82) is 0 Å². The van der Waals surface area contributed by atoms with Crippen molar-refractivity contribution >= 4 is 22.3 Å². The molecule has 1 aliphatic heterocycles. The smallest absolute Gasteiger partial charge is 0.326 e. The lowest BCUT2D eigenvalue weighted by atomic mass is 10.0. The van der Waals surface area contributed by atoms with Crippen molar-refractivity contribution in [2.75, 3.05) is 0 Å². The first kappa shape index (κ1) is 10.8. The lowest BCUT2D eigenvalue weighted by Gasteiger charge is -2.07. The summed E-state index contributed by atoms with van der Waals surface area (Å²) >= 11 is 0. The zero-order valence-electron chi connectivity index (χ0n) is 9.63. The van der Waals surface area contributed by atoms with Gasteiger partial charge in [-0.2, -0.15) is 0 Å². The van der Waals surface area contributed by atoms with Gasteiger partial charge in [0.25, 0.3) is 0 Å². The van der Waals surface area contributed by atoms with Crippen molar-refractivity contribution in [3.05, 3.63) is 48.4 Å². The molecule has 2 aromatic rings. The molecule has 1 aromatic carbocycles. The Morgan fingerprint density at radius 2 is 2.17 bits per heavy atom. The number of hydrogen-bond acceptors (Lipinski definition) is 3. The van der Waals surface area contributed by atoms with Crippen molar-refractivity contribution < 1.29 is 9.90 Å². The van der Waals surface area contributed by atoms with E-state index in [2.05, 4.69) is 10.3 Å². The van der Waals surface area contributed by atoms with Gasteiger partial charge >= 0.3 is 5.97 Å². The first-order valence-corrected chi connectivity index (χ1v) is 5.78. The normalized spacial score (nSPS) is 18.4. The molecule has 0 spiro atoms. The van der Waals surface area contributed by atoms with E-state index in [0.29, 0.717) is 6.42 Å². The third kappa shape index (κ3) is 1.72. The van der Waals surface area contributed by atoms with E-state index in [9.17, 15) is 4.79 Å². The quantitative estimate of drug-likeness (QED) is 0.843. The lowest BCUT2D eigenvalue weighted by molar-refractivity contribution is -0.138. The van der Waals surface area contributed by atoms with Crippen molar-refractivity contribution in [3.8, 4) is 0 Å². The number of hydrogen-bond donors (Lipinski definition) is 2. The second-order valence-corrected chi connectivity index (χ2v) is 4.31. The van der Waals surface area contributed by atoms with Crippen LogP contribution in [0.1, 0.15) is 12.1 Å². The average Bonchev–Trinajstić information content (AvgIpc) is 2.87. The third-order valence-electron chi connectivity index (χ3n) is 3.16. The zero-order valence-corrected chi connectivity index (χ0v) is 9.63. The van der Waals surface area contributed by atoms with E-state index in [4.69, 9.17) is 5.11 Å². The maximum absolute atomic E-state index is 10.9. The summed E-state index contributed by atoms with van der Waals surface area (Å²) in [6.45, 7) is 0. The van der Waals surface area contributed by atoms with E-state index in [1.165, 1.54) is 0 Å². The molecule has 2 N–H and O–H groups in total. The Hall–Kier alpha value is -2.36. The molecule has 0 saturated carbocycles. The van der Waals surface area contributed by atoms with Crippen molar-refractivity contribution in [1.82, 2.24) is 10.3 Å². The topological polar surface area (TPSA) is 62.2 Å². The van der Waals surface area contributed by atoms with Gasteiger partial charge in [0.1, 0.15) is 6.04 Å². The summed E-state index contributed by atoms with van der Waals surface area (Å²) in [6.07, 6.45) is 3.98. The molecule has 2 heterocycles. The molecule has 0 amide bonds. The van der Waals surface area contributed by atoms with Crippen LogP contribution in [0.3, 0.4) is 0 Å². The van der Waals surface area contributed by atoms with E-state index < -0.39 is 12.0 Å². The Morgan fingerprint density at radius 1 is 1.33 bits per heavy atom. The molecule has 1 aliphatic rings. The Bertz CT molecular complexity index is 644. The van der Waals surface area contributed by atoms with Crippen molar-refractivity contribution in [3.63, 3.8) is 0 Å². The Morgan fingerprint density at radius 3 is 2.94 bits per heavy atom. The average molecular weight is 240 g/mol. The molecule has 1 aromatic heterocycles. The van der Waals surface area contributed by atoms with E-state index >= 15 is 0 Å². The van der Waals surface area contributed by atoms with Gasteiger partial charge in [0.05, 0.1) is 5.69 Å². The molecular weight excluding hydrogens is 228 g/mol. The minimum absolute atomic E-state index is 0.469. The standard InChI is InChI=1S/C14H12N2O2/c17-14(18)12-7-10(8-16-12)13-11-4-2-1-3-9(11)5-6-15-13/h1-6,8,12,16H,7H2,(H,17,18). The molecule has 0 saturated heterocycles. The molecule has 4 heteroatoms. The summed E-state index contributed by atoms with van der Waals surface area (Å²) in [5.74, 6) is -0.832. The van der Waals surface area contributed by atoms with E-state index in [0.717, 1.165) is 22.0 Å². The number of nitrogens with one attached hydrogen (secondary N) is 1. The highest BCUT2D eigenvalue weighted by Crippen LogP contribution is 2.28. The van der Waals surface area contributed by atoms with Gasteiger partial charge in [-0.15, -0.1) is 0 Å². The minimum Gasteiger partial charge on any atom is -0.480 e. The highest BCUT2D eigenvalue weighted by Gasteiger charge is 2.24. The number of carbonyl (C=O) groups is 1. The van der Waals surface area contributed by atoms with Gasteiger partial charge in [0.2, 0.25) is 0 Å². The lowest BCUT2D eigenvalue weighted by Crippen LogP contribution is -2.28. The van der Waals surface area contributed by atoms with Crippen LogP contribution in [0.15, 0.2) is 42.7 Å². The van der Waals surface area contributed by atoms with Crippen LogP contribution in [0.2, 0.25) is 0 Å². The van der Waals surface area contributed by atoms with Gasteiger partial charge in [0.15, 0.2) is 0 Å². The first-order chi connectivity index (χ1) is 8.75. The van der Waals surface area contributed by atoms with E-state index in [1.807, 2.05) is 30.3 Å². The van der Waals surface area contributed by atoms with Crippen LogP contribution in [0.5, 0.6) is 0 Å². The summed E-state index contributed by atoms with van der Waals surface area (Å²) in [5, 5.41) is 14.0. The van der Waals surface area contributed by atoms with Crippen LogP contribution < -0.4 is 5.32 Å². The maximum atomic E-state index is 10.9. The van der Waals surface area contributed by atoms with Crippen LogP contribution in [0.25, 0.3) is 16.3 Å². The molecule has 0 bridgehead atoms. The number of aromatic nitrogens is 1. The van der Waals surface area contributed by atoms with Crippen LogP contribution in [-0.2, 0) is 4.79 Å². The largest absolute Gasteiger partial charge is 0.480 e. The zero-order chi connectivity index (χ0) is 12.5. The number of fused-ring (bicyclic) bond motifs is 1. The van der Waals surface area contributed by atoms with Gasteiger partial charge in [0, 0.05) is 24.2 Å². The number of benzene rings is 1. The van der Waals surface area contributed by atoms with Crippen molar-refractivity contribution in [2.24, 2.45) is 0 Å². The first-order valence-electron chi connectivity index (χ1n) is 5.78. The number of carboxylic acid groups (broad SMARTS) is 1. The molecule has 0 aliphatic carbocycles. The second kappa shape index (κ2) is 4.14. The fraction of sp³-hybridized carbons (Fsp3) is 0.143. The fourth-order valence-corrected chi connectivity index (χ4v) is 2.24. The minimum atomic E-state index is -0.832. The van der Waals surface area contributed by atoms with Gasteiger partial charge in [-0.1, -0.05) is 24.3 Å². The second-order valence-electron chi connectivity index (χ2n) is 4.31. The van der Waals surface area contributed by atoms with Crippen LogP contribution in [-0.4, -0.2) is 22.1 Å². The molecule has 0 fully saturated rings. The molecule has 3 rings (SSSR count). The molecule has 0 radical (unpaired) electrons. The molecule has 4 nitrogen and oxygen atoms in total. The predicted octanol–water partition coefficient (Wildman–Crippen LogP) is 2.02. The number of aliphatic carboxylic acids is 1. The summed E-state index contributed by atoms with van der Waals surface area (Å²) in [6, 6.07) is 9.39. The van der Waals surface area contributed by atoms with Crippen LogP contribution >= 0.6 is 0 Å². The highest BCUT2D eigenvalue weighted by molar-refractivity contribution is 5.93.